The molecule has 2 aliphatic heterocycles. The Morgan fingerprint density at radius 2 is 2.26 bits per heavy atom. The third-order valence-corrected chi connectivity index (χ3v) is 4.35. The number of aromatic nitrogens is 1. The van der Waals surface area contributed by atoms with Gasteiger partial charge in [0, 0.05) is 38.4 Å². The zero-order chi connectivity index (χ0) is 13.1. The molecular weight excluding hydrogens is 236 g/mol. The molecule has 19 heavy (non-hydrogen) atoms. The predicted octanol–water partition coefficient (Wildman–Crippen LogP) is 1.48. The van der Waals surface area contributed by atoms with E-state index < -0.39 is 0 Å². The SMILES string of the molecule is CNCc1ccnc(N2CCN3CCCCC3C2)c1. The van der Waals surface area contributed by atoms with E-state index in [2.05, 4.69) is 32.2 Å². The molecule has 0 aliphatic carbocycles. The smallest absolute Gasteiger partial charge is 0.128 e. The molecule has 1 aromatic heterocycles. The van der Waals surface area contributed by atoms with Gasteiger partial charge in [-0.05, 0) is 44.1 Å². The normalized spacial score (nSPS) is 24.3. The van der Waals surface area contributed by atoms with Gasteiger partial charge in [-0.2, -0.15) is 0 Å². The Morgan fingerprint density at radius 3 is 3.16 bits per heavy atom. The maximum Gasteiger partial charge on any atom is 0.128 e. The van der Waals surface area contributed by atoms with Gasteiger partial charge < -0.3 is 10.2 Å². The number of piperidine rings is 1. The lowest BCUT2D eigenvalue weighted by Crippen LogP contribution is -2.55. The summed E-state index contributed by atoms with van der Waals surface area (Å²) in [6.45, 7) is 5.68. The largest absolute Gasteiger partial charge is 0.354 e. The monoisotopic (exact) mass is 260 g/mol. The second kappa shape index (κ2) is 5.88. The van der Waals surface area contributed by atoms with Crippen LogP contribution < -0.4 is 10.2 Å². The first-order valence-electron chi connectivity index (χ1n) is 7.45. The molecule has 4 heteroatoms. The van der Waals surface area contributed by atoms with Gasteiger partial charge in [-0.1, -0.05) is 6.42 Å². The number of hydrogen-bond acceptors (Lipinski definition) is 4. The Bertz CT molecular complexity index is 420. The zero-order valence-electron chi connectivity index (χ0n) is 11.8. The molecule has 3 heterocycles. The van der Waals surface area contributed by atoms with Gasteiger partial charge in [0.2, 0.25) is 0 Å². The molecule has 0 bridgehead atoms. The van der Waals surface area contributed by atoms with Crippen LogP contribution in [-0.4, -0.2) is 49.2 Å². The maximum atomic E-state index is 4.56. The highest BCUT2D eigenvalue weighted by atomic mass is 15.3. The first-order valence-corrected chi connectivity index (χ1v) is 7.45. The van der Waals surface area contributed by atoms with Crippen molar-refractivity contribution in [1.29, 1.82) is 0 Å². The van der Waals surface area contributed by atoms with E-state index in [9.17, 15) is 0 Å². The van der Waals surface area contributed by atoms with Crippen molar-refractivity contribution in [2.75, 3.05) is 38.1 Å². The van der Waals surface area contributed by atoms with Crippen molar-refractivity contribution in [3.63, 3.8) is 0 Å². The summed E-state index contributed by atoms with van der Waals surface area (Å²) in [6.07, 6.45) is 6.07. The van der Waals surface area contributed by atoms with Crippen LogP contribution in [0.5, 0.6) is 0 Å². The summed E-state index contributed by atoms with van der Waals surface area (Å²) in [5.41, 5.74) is 1.32. The standard InChI is InChI=1S/C15H24N4/c1-16-11-13-5-6-17-15(10-13)19-9-8-18-7-3-2-4-14(18)12-19/h5-6,10,14,16H,2-4,7-9,11-12H2,1H3. The van der Waals surface area contributed by atoms with Crippen molar-refractivity contribution in [2.45, 2.75) is 31.8 Å². The van der Waals surface area contributed by atoms with E-state index in [1.54, 1.807) is 0 Å². The molecule has 3 rings (SSSR count). The average molecular weight is 260 g/mol. The number of rotatable bonds is 3. The Balaban J connectivity index is 1.70. The number of nitrogens with one attached hydrogen (secondary N) is 1. The Morgan fingerprint density at radius 1 is 1.32 bits per heavy atom. The van der Waals surface area contributed by atoms with Crippen molar-refractivity contribution in [2.24, 2.45) is 0 Å². The summed E-state index contributed by atoms with van der Waals surface area (Å²) >= 11 is 0. The van der Waals surface area contributed by atoms with Gasteiger partial charge in [0.1, 0.15) is 5.82 Å². The van der Waals surface area contributed by atoms with Crippen molar-refractivity contribution in [1.82, 2.24) is 15.2 Å². The van der Waals surface area contributed by atoms with Gasteiger partial charge in [0.25, 0.3) is 0 Å². The van der Waals surface area contributed by atoms with E-state index in [1.165, 1.54) is 37.9 Å². The van der Waals surface area contributed by atoms with Crippen molar-refractivity contribution in [3.05, 3.63) is 23.9 Å². The molecule has 0 spiro atoms. The molecule has 0 saturated carbocycles. The molecule has 4 nitrogen and oxygen atoms in total. The second-order valence-electron chi connectivity index (χ2n) is 5.68. The second-order valence-corrected chi connectivity index (χ2v) is 5.68. The number of pyridine rings is 1. The fourth-order valence-corrected chi connectivity index (χ4v) is 3.31. The molecule has 2 aliphatic rings. The number of fused-ring (bicyclic) bond motifs is 1. The van der Waals surface area contributed by atoms with Gasteiger partial charge in [0.05, 0.1) is 0 Å². The van der Waals surface area contributed by atoms with Gasteiger partial charge >= 0.3 is 0 Å². The van der Waals surface area contributed by atoms with E-state index in [1.807, 2.05) is 13.2 Å². The molecule has 0 aromatic carbocycles. The van der Waals surface area contributed by atoms with Gasteiger partial charge in [-0.15, -0.1) is 0 Å². The van der Waals surface area contributed by atoms with Gasteiger partial charge in [-0.25, -0.2) is 4.98 Å². The molecule has 104 valence electrons. The van der Waals surface area contributed by atoms with E-state index >= 15 is 0 Å². The van der Waals surface area contributed by atoms with Crippen LogP contribution in [0.2, 0.25) is 0 Å². The highest BCUT2D eigenvalue weighted by molar-refractivity contribution is 5.42. The molecule has 0 amide bonds. The minimum Gasteiger partial charge on any atom is -0.354 e. The van der Waals surface area contributed by atoms with Crippen molar-refractivity contribution < 1.29 is 0 Å². The van der Waals surface area contributed by atoms with Crippen molar-refractivity contribution in [3.8, 4) is 0 Å². The van der Waals surface area contributed by atoms with E-state index in [-0.39, 0.29) is 0 Å². The summed E-state index contributed by atoms with van der Waals surface area (Å²) in [7, 11) is 1.99. The van der Waals surface area contributed by atoms with Crippen LogP contribution in [0.3, 0.4) is 0 Å². The molecule has 1 aromatic rings. The van der Waals surface area contributed by atoms with Crippen LogP contribution in [0, 0.1) is 0 Å². The fourth-order valence-electron chi connectivity index (χ4n) is 3.31. The summed E-state index contributed by atoms with van der Waals surface area (Å²) in [5, 5.41) is 3.20. The lowest BCUT2D eigenvalue weighted by Gasteiger charge is -2.44. The third kappa shape index (κ3) is 2.90. The van der Waals surface area contributed by atoms with Crippen molar-refractivity contribution >= 4 is 5.82 Å². The minimum atomic E-state index is 0.747. The number of hydrogen-bond donors (Lipinski definition) is 1. The lowest BCUT2D eigenvalue weighted by atomic mass is 9.99. The summed E-state index contributed by atoms with van der Waals surface area (Å²) < 4.78 is 0. The lowest BCUT2D eigenvalue weighted by molar-refractivity contribution is 0.133. The highest BCUT2D eigenvalue weighted by Crippen LogP contribution is 2.24. The Labute approximate surface area is 115 Å². The molecule has 2 fully saturated rings. The number of anilines is 1. The van der Waals surface area contributed by atoms with Gasteiger partial charge in [0.15, 0.2) is 0 Å². The van der Waals surface area contributed by atoms with Crippen LogP contribution in [0.1, 0.15) is 24.8 Å². The Hall–Kier alpha value is -1.13. The topological polar surface area (TPSA) is 31.4 Å². The molecular formula is C15H24N4. The summed E-state index contributed by atoms with van der Waals surface area (Å²) in [6, 6.07) is 5.07. The first kappa shape index (κ1) is 12.9. The van der Waals surface area contributed by atoms with Crippen LogP contribution in [0.4, 0.5) is 5.82 Å². The van der Waals surface area contributed by atoms with E-state index in [0.717, 1.165) is 31.5 Å². The van der Waals surface area contributed by atoms with Crippen LogP contribution in [0.25, 0.3) is 0 Å². The molecule has 1 atom stereocenters. The predicted molar refractivity (Wildman–Crippen MR) is 78.4 cm³/mol. The molecule has 0 radical (unpaired) electrons. The van der Waals surface area contributed by atoms with Crippen LogP contribution in [-0.2, 0) is 6.54 Å². The molecule has 1 N–H and O–H groups in total. The number of piperazine rings is 1. The fraction of sp³-hybridized carbons (Fsp3) is 0.667. The van der Waals surface area contributed by atoms with E-state index in [0.29, 0.717) is 0 Å². The maximum absolute atomic E-state index is 4.56. The Kier molecular flexibility index (Phi) is 3.99. The molecule has 2 saturated heterocycles. The highest BCUT2D eigenvalue weighted by Gasteiger charge is 2.29. The average Bonchev–Trinajstić information content (AvgIpc) is 2.47. The van der Waals surface area contributed by atoms with Crippen LogP contribution >= 0.6 is 0 Å². The summed E-state index contributed by atoms with van der Waals surface area (Å²) in [4.78, 5) is 9.69. The van der Waals surface area contributed by atoms with Gasteiger partial charge in [-0.3, -0.25) is 4.90 Å². The molecule has 1 unspecified atom stereocenters. The first-order chi connectivity index (χ1) is 9.36. The minimum absolute atomic E-state index is 0.747. The van der Waals surface area contributed by atoms with E-state index in [4.69, 9.17) is 0 Å². The van der Waals surface area contributed by atoms with Crippen LogP contribution in [0.15, 0.2) is 18.3 Å². The zero-order valence-corrected chi connectivity index (χ0v) is 11.8. The quantitative estimate of drug-likeness (QED) is 0.892. The third-order valence-electron chi connectivity index (χ3n) is 4.35. The summed E-state index contributed by atoms with van der Waals surface area (Å²) in [5.74, 6) is 1.15. The number of nitrogens with zero attached hydrogens (tertiary/aromatic N) is 3.